The average Bonchev–Trinajstić information content (AvgIpc) is 3.47. The zero-order valence-electron chi connectivity index (χ0n) is 18.3. The van der Waals surface area contributed by atoms with Crippen molar-refractivity contribution in [1.29, 1.82) is 0 Å². The summed E-state index contributed by atoms with van der Waals surface area (Å²) in [6.07, 6.45) is 5.93. The Hall–Kier alpha value is -4.96. The van der Waals surface area contributed by atoms with Crippen LogP contribution in [0, 0.1) is 0 Å². The van der Waals surface area contributed by atoms with Gasteiger partial charge in [-0.2, -0.15) is 0 Å². The molecule has 4 aromatic rings. The second-order valence-electron chi connectivity index (χ2n) is 6.29. The van der Waals surface area contributed by atoms with Crippen molar-refractivity contribution in [3.8, 4) is 22.8 Å². The molecule has 0 atom stereocenters. The molecule has 0 saturated heterocycles. The van der Waals surface area contributed by atoms with Gasteiger partial charge < -0.3 is 50.9 Å². The van der Waals surface area contributed by atoms with Gasteiger partial charge in [-0.1, -0.05) is 0 Å². The van der Waals surface area contributed by atoms with E-state index in [0.29, 0.717) is 11.1 Å². The Morgan fingerprint density at radius 1 is 0.703 bits per heavy atom. The predicted octanol–water partition coefficient (Wildman–Crippen LogP) is -2.78. The van der Waals surface area contributed by atoms with Gasteiger partial charge in [0, 0.05) is 35.9 Å². The van der Waals surface area contributed by atoms with Crippen LogP contribution in [-0.4, -0.2) is 64.0 Å². The molecule has 0 unspecified atom stereocenters. The smallest absolute Gasteiger partial charge is 0.543 e. The second-order valence-corrected chi connectivity index (χ2v) is 6.29. The zero-order chi connectivity index (χ0) is 24.8. The van der Waals surface area contributed by atoms with E-state index in [1.165, 1.54) is 24.8 Å². The summed E-state index contributed by atoms with van der Waals surface area (Å²) in [6.45, 7) is 0. The van der Waals surface area contributed by atoms with Crippen LogP contribution in [0.1, 0.15) is 42.0 Å². The molecule has 0 amide bonds. The van der Waals surface area contributed by atoms with Crippen LogP contribution in [0.4, 0.5) is 0 Å². The van der Waals surface area contributed by atoms with Gasteiger partial charge in [0.15, 0.2) is 11.4 Å². The SMILES string of the molecule is O=C([O-])c1nc(-c2cccnc2)[nH]c1C(=O)O.O=C([O-])c1nc(-c2cccnc2)[nH]c1C(=O)O.[Mn+2].[OH3+].[OH3+]. The normalized spacial score (nSPS) is 9.30. The predicted molar refractivity (Wildman–Crippen MR) is 116 cm³/mol. The van der Waals surface area contributed by atoms with Crippen LogP contribution in [0.2, 0.25) is 0 Å². The molecule has 0 aliphatic carbocycles. The Kier molecular flexibility index (Phi) is 12.0. The minimum absolute atomic E-state index is 0. The Balaban J connectivity index is 0.000000648. The molecule has 16 nitrogen and oxygen atoms in total. The quantitative estimate of drug-likeness (QED) is 0.138. The van der Waals surface area contributed by atoms with Crippen LogP contribution in [0.3, 0.4) is 0 Å². The molecule has 4 rings (SSSR count). The van der Waals surface area contributed by atoms with Gasteiger partial charge in [-0.15, -0.1) is 0 Å². The summed E-state index contributed by atoms with van der Waals surface area (Å²) < 4.78 is 0. The molecule has 37 heavy (non-hydrogen) atoms. The number of carboxylic acids is 4. The first-order chi connectivity index (χ1) is 16.2. The van der Waals surface area contributed by atoms with Gasteiger partial charge in [-0.05, 0) is 24.3 Å². The van der Waals surface area contributed by atoms with Crippen molar-refractivity contribution in [2.45, 2.75) is 0 Å². The maximum Gasteiger partial charge on any atom is 2.00 e. The zero-order valence-corrected chi connectivity index (χ0v) is 19.5. The maximum absolute atomic E-state index is 10.8. The second kappa shape index (κ2) is 13.8. The molecule has 0 aromatic carbocycles. The molecule has 10 N–H and O–H groups in total. The Labute approximate surface area is 216 Å². The van der Waals surface area contributed by atoms with Crippen LogP contribution in [0.15, 0.2) is 49.1 Å². The van der Waals surface area contributed by atoms with Gasteiger partial charge in [-0.25, -0.2) is 19.6 Å². The first-order valence-electron chi connectivity index (χ1n) is 9.09. The van der Waals surface area contributed by atoms with Crippen molar-refractivity contribution in [3.05, 3.63) is 71.8 Å². The molecule has 0 spiro atoms. The molecule has 4 heterocycles. The van der Waals surface area contributed by atoms with Crippen molar-refractivity contribution in [3.63, 3.8) is 0 Å². The minimum Gasteiger partial charge on any atom is -0.543 e. The summed E-state index contributed by atoms with van der Waals surface area (Å²) in [6, 6.07) is 6.49. The molecular weight excluding hydrogens is 539 g/mol. The number of aromatic nitrogens is 6. The number of rotatable bonds is 6. The summed E-state index contributed by atoms with van der Waals surface area (Å²) in [5, 5.41) is 39.0. The molecule has 0 fully saturated rings. The molecule has 0 aliphatic rings. The molecule has 0 aliphatic heterocycles. The third-order valence-electron chi connectivity index (χ3n) is 4.09. The Morgan fingerprint density at radius 2 is 1.05 bits per heavy atom. The van der Waals surface area contributed by atoms with Crippen molar-refractivity contribution in [2.75, 3.05) is 0 Å². The van der Waals surface area contributed by atoms with Gasteiger partial charge in [0.25, 0.3) is 0 Å². The van der Waals surface area contributed by atoms with E-state index in [1.807, 2.05) is 0 Å². The number of hydrogen-bond acceptors (Lipinski definition) is 10. The largest absolute Gasteiger partial charge is 2.00 e. The van der Waals surface area contributed by atoms with Crippen LogP contribution >= 0.6 is 0 Å². The van der Waals surface area contributed by atoms with Crippen molar-refractivity contribution in [2.24, 2.45) is 0 Å². The molecular formula is C20H18MnN6O10+2. The van der Waals surface area contributed by atoms with Crippen molar-refractivity contribution in [1.82, 2.24) is 29.9 Å². The van der Waals surface area contributed by atoms with E-state index in [2.05, 4.69) is 29.9 Å². The van der Waals surface area contributed by atoms with Crippen LogP contribution in [0.5, 0.6) is 0 Å². The van der Waals surface area contributed by atoms with Crippen LogP contribution < -0.4 is 10.2 Å². The minimum atomic E-state index is -1.64. The third kappa shape index (κ3) is 7.51. The van der Waals surface area contributed by atoms with Gasteiger partial charge >= 0.3 is 29.0 Å². The van der Waals surface area contributed by atoms with Gasteiger partial charge in [0.05, 0.1) is 11.9 Å². The van der Waals surface area contributed by atoms with E-state index < -0.39 is 46.7 Å². The molecule has 1 radical (unpaired) electrons. The van der Waals surface area contributed by atoms with Gasteiger partial charge in [-0.3, -0.25) is 9.97 Å². The van der Waals surface area contributed by atoms with Crippen LogP contribution in [-0.2, 0) is 28.0 Å². The third-order valence-corrected chi connectivity index (χ3v) is 4.09. The van der Waals surface area contributed by atoms with E-state index >= 15 is 0 Å². The van der Waals surface area contributed by atoms with Gasteiger partial charge in [0.1, 0.15) is 23.0 Å². The number of carboxylic acid groups (broad SMARTS) is 4. The molecule has 0 bridgehead atoms. The number of nitrogens with zero attached hydrogens (tertiary/aromatic N) is 4. The number of nitrogens with one attached hydrogen (secondary N) is 2. The molecule has 0 saturated carbocycles. The molecule has 4 aromatic heterocycles. The van der Waals surface area contributed by atoms with E-state index in [4.69, 9.17) is 10.2 Å². The fourth-order valence-corrected chi connectivity index (χ4v) is 2.63. The van der Waals surface area contributed by atoms with Crippen LogP contribution in [0.25, 0.3) is 22.8 Å². The standard InChI is InChI=1S/2C10H7N3O4.Mn.2H2O/c2*14-9(15)6-7(10(16)17)13-8(12-6)5-2-1-3-11-4-5;;;/h2*1-4H,(H,12,13)(H,14,15)(H,16,17);;2*1H2/q;;+2;;. The summed E-state index contributed by atoms with van der Waals surface area (Å²) in [5.74, 6) is -5.87. The van der Waals surface area contributed by atoms with E-state index in [0.717, 1.165) is 0 Å². The van der Waals surface area contributed by atoms with E-state index in [-0.39, 0.29) is 39.7 Å². The van der Waals surface area contributed by atoms with Gasteiger partial charge in [0.2, 0.25) is 0 Å². The maximum atomic E-state index is 10.8. The van der Waals surface area contributed by atoms with E-state index in [9.17, 15) is 29.4 Å². The molecule has 193 valence electrons. The van der Waals surface area contributed by atoms with Crippen molar-refractivity contribution >= 4 is 23.9 Å². The number of pyridine rings is 2. The number of aromatic carboxylic acids is 4. The number of hydrogen-bond donors (Lipinski definition) is 4. The summed E-state index contributed by atoms with van der Waals surface area (Å²) in [7, 11) is 0. The van der Waals surface area contributed by atoms with Crippen molar-refractivity contribution < 1.29 is 67.6 Å². The monoisotopic (exact) mass is 557 g/mol. The first kappa shape index (κ1) is 32.0. The number of imidazole rings is 2. The number of H-pyrrole nitrogens is 2. The fraction of sp³-hybridized carbons (Fsp3) is 0. The fourth-order valence-electron chi connectivity index (χ4n) is 2.63. The number of carbonyl (C=O) groups excluding carboxylic acids is 2. The average molecular weight is 557 g/mol. The summed E-state index contributed by atoms with van der Waals surface area (Å²) in [5.41, 5.74) is -1.30. The summed E-state index contributed by atoms with van der Waals surface area (Å²) in [4.78, 5) is 62.8. The summed E-state index contributed by atoms with van der Waals surface area (Å²) >= 11 is 0. The Morgan fingerprint density at radius 3 is 1.27 bits per heavy atom. The number of aromatic amines is 2. The number of carbonyl (C=O) groups is 4. The molecule has 17 heteroatoms. The Bertz CT molecular complexity index is 1210. The first-order valence-corrected chi connectivity index (χ1v) is 9.09. The van der Waals surface area contributed by atoms with E-state index in [1.54, 1.807) is 24.3 Å². The topological polar surface area (TPSA) is 304 Å².